The summed E-state index contributed by atoms with van der Waals surface area (Å²) < 4.78 is 11.4. The molecule has 0 aromatic rings. The van der Waals surface area contributed by atoms with Crippen molar-refractivity contribution in [3.8, 4) is 0 Å². The lowest BCUT2D eigenvalue weighted by atomic mass is 9.99. The molecule has 9 nitrogen and oxygen atoms in total. The van der Waals surface area contributed by atoms with E-state index in [1.807, 2.05) is 0 Å². The summed E-state index contributed by atoms with van der Waals surface area (Å²) in [5.41, 5.74) is 0. The van der Waals surface area contributed by atoms with Crippen LogP contribution in [0.15, 0.2) is 24.3 Å². The first-order valence-electron chi connectivity index (χ1n) is 39.5. The number of rotatable bonds is 71. The minimum absolute atomic E-state index is 0.132. The zero-order valence-electron chi connectivity index (χ0n) is 58.8. The van der Waals surface area contributed by atoms with E-state index in [-0.39, 0.29) is 12.5 Å². The second-order valence-corrected chi connectivity index (χ2v) is 27.9. The number of amides is 1. The van der Waals surface area contributed by atoms with Gasteiger partial charge in [0, 0.05) is 6.42 Å². The van der Waals surface area contributed by atoms with E-state index in [0.29, 0.717) is 12.8 Å². The van der Waals surface area contributed by atoms with Gasteiger partial charge in [-0.15, -0.1) is 0 Å². The van der Waals surface area contributed by atoms with E-state index in [9.17, 15) is 30.3 Å². The van der Waals surface area contributed by atoms with Crippen molar-refractivity contribution in [3.63, 3.8) is 0 Å². The summed E-state index contributed by atoms with van der Waals surface area (Å²) >= 11 is 0. The fourth-order valence-electron chi connectivity index (χ4n) is 13.1. The molecule has 0 saturated carbocycles. The summed E-state index contributed by atoms with van der Waals surface area (Å²) in [6.07, 6.45) is 84.3. The molecular formula is C79H153NO8. The zero-order chi connectivity index (χ0) is 63.5. The Morgan fingerprint density at radius 1 is 0.386 bits per heavy atom. The van der Waals surface area contributed by atoms with Gasteiger partial charge in [-0.3, -0.25) is 4.79 Å². The highest BCUT2D eigenvalue weighted by Gasteiger charge is 2.44. The fourth-order valence-corrected chi connectivity index (χ4v) is 13.1. The fraction of sp³-hybridized carbons (Fsp3) is 0.937. The number of hydrogen-bond acceptors (Lipinski definition) is 8. The molecule has 1 saturated heterocycles. The minimum Gasteiger partial charge on any atom is -0.394 e. The van der Waals surface area contributed by atoms with Crippen LogP contribution in [0.2, 0.25) is 0 Å². The predicted octanol–water partition coefficient (Wildman–Crippen LogP) is 22.4. The molecule has 88 heavy (non-hydrogen) atoms. The molecule has 522 valence electrons. The van der Waals surface area contributed by atoms with Crippen LogP contribution >= 0.6 is 0 Å². The maximum absolute atomic E-state index is 13.2. The van der Waals surface area contributed by atoms with E-state index < -0.39 is 49.5 Å². The van der Waals surface area contributed by atoms with E-state index in [1.54, 1.807) is 0 Å². The van der Waals surface area contributed by atoms with Gasteiger partial charge in [0.15, 0.2) is 6.29 Å². The summed E-state index contributed by atoms with van der Waals surface area (Å²) in [7, 11) is 0. The van der Waals surface area contributed by atoms with Gasteiger partial charge in [-0.25, -0.2) is 0 Å². The largest absolute Gasteiger partial charge is 0.394 e. The molecule has 0 spiro atoms. The number of carbonyl (C=O) groups excluding carboxylic acids is 1. The first-order chi connectivity index (χ1) is 43.3. The molecule has 1 amide bonds. The SMILES string of the molecule is CCCCCCC/C=C\C/C=C\CCCCCCCCCCCCCCCCCCCCCCCCCC(=O)NC(COC1OC(CO)C(O)C(O)C1O)C(O)CCCCCCCCCCCCCCCCCCCCCCCCCCCCCCCC. The smallest absolute Gasteiger partial charge is 0.220 e. The van der Waals surface area contributed by atoms with Crippen molar-refractivity contribution in [1.29, 1.82) is 0 Å². The van der Waals surface area contributed by atoms with E-state index in [1.165, 1.54) is 347 Å². The molecule has 0 radical (unpaired) electrons. The first kappa shape index (κ1) is 84.7. The highest BCUT2D eigenvalue weighted by Crippen LogP contribution is 2.24. The van der Waals surface area contributed by atoms with Gasteiger partial charge < -0.3 is 40.3 Å². The second kappa shape index (κ2) is 68.5. The molecule has 0 aromatic heterocycles. The number of hydrogen-bond donors (Lipinski definition) is 6. The number of unbranched alkanes of at least 4 members (excludes halogenated alkanes) is 57. The maximum atomic E-state index is 13.2. The molecule has 0 bridgehead atoms. The molecule has 1 heterocycles. The normalized spacial score (nSPS) is 17.9. The molecule has 0 aliphatic carbocycles. The summed E-state index contributed by atoms with van der Waals surface area (Å²) in [4.78, 5) is 13.2. The molecule has 1 aliphatic rings. The molecule has 7 atom stereocenters. The Labute approximate surface area is 547 Å². The number of aliphatic hydroxyl groups excluding tert-OH is 5. The van der Waals surface area contributed by atoms with Gasteiger partial charge in [-0.05, 0) is 44.9 Å². The zero-order valence-corrected chi connectivity index (χ0v) is 58.8. The number of nitrogens with one attached hydrogen (secondary N) is 1. The molecule has 1 aliphatic heterocycles. The Hall–Kier alpha value is -1.33. The van der Waals surface area contributed by atoms with Gasteiger partial charge in [-0.1, -0.05) is 391 Å². The average Bonchev–Trinajstić information content (AvgIpc) is 3.65. The van der Waals surface area contributed by atoms with Crippen LogP contribution in [-0.2, 0) is 14.3 Å². The van der Waals surface area contributed by atoms with Crippen LogP contribution in [0.3, 0.4) is 0 Å². The van der Waals surface area contributed by atoms with Crippen molar-refractivity contribution < 1.29 is 39.8 Å². The van der Waals surface area contributed by atoms with Gasteiger partial charge >= 0.3 is 0 Å². The van der Waals surface area contributed by atoms with Crippen LogP contribution in [0, 0.1) is 0 Å². The highest BCUT2D eigenvalue weighted by atomic mass is 16.7. The molecule has 1 fully saturated rings. The molecule has 7 unspecified atom stereocenters. The monoisotopic (exact) mass is 1240 g/mol. The van der Waals surface area contributed by atoms with E-state index in [0.717, 1.165) is 44.9 Å². The van der Waals surface area contributed by atoms with Crippen LogP contribution in [0.25, 0.3) is 0 Å². The third-order valence-corrected chi connectivity index (χ3v) is 19.3. The minimum atomic E-state index is -1.55. The van der Waals surface area contributed by atoms with Gasteiger partial charge in [0.1, 0.15) is 24.4 Å². The molecule has 9 heteroatoms. The lowest BCUT2D eigenvalue weighted by Gasteiger charge is -2.40. The van der Waals surface area contributed by atoms with Gasteiger partial charge in [-0.2, -0.15) is 0 Å². The second-order valence-electron chi connectivity index (χ2n) is 27.9. The van der Waals surface area contributed by atoms with E-state index >= 15 is 0 Å². The Morgan fingerprint density at radius 2 is 0.670 bits per heavy atom. The van der Waals surface area contributed by atoms with Crippen LogP contribution in [0.5, 0.6) is 0 Å². The maximum Gasteiger partial charge on any atom is 0.220 e. The van der Waals surface area contributed by atoms with Crippen LogP contribution in [0.4, 0.5) is 0 Å². The van der Waals surface area contributed by atoms with Crippen LogP contribution < -0.4 is 5.32 Å². The topological polar surface area (TPSA) is 149 Å². The summed E-state index contributed by atoms with van der Waals surface area (Å²) in [6, 6.07) is -0.718. The van der Waals surface area contributed by atoms with Crippen molar-refractivity contribution in [2.75, 3.05) is 13.2 Å². The van der Waals surface area contributed by atoms with Gasteiger partial charge in [0.25, 0.3) is 0 Å². The number of carbonyl (C=O) groups is 1. The third kappa shape index (κ3) is 56.2. The van der Waals surface area contributed by atoms with Crippen molar-refractivity contribution in [2.24, 2.45) is 0 Å². The quantitative estimate of drug-likeness (QED) is 0.0261. The number of aliphatic hydroxyl groups is 5. The Kier molecular flexibility index (Phi) is 65.9. The lowest BCUT2D eigenvalue weighted by Crippen LogP contribution is -2.60. The molecular weight excluding hydrogens is 1090 g/mol. The summed E-state index contributed by atoms with van der Waals surface area (Å²) in [5.74, 6) is -0.134. The van der Waals surface area contributed by atoms with E-state index in [4.69, 9.17) is 9.47 Å². The lowest BCUT2D eigenvalue weighted by molar-refractivity contribution is -0.302. The molecule has 1 rings (SSSR count). The standard InChI is InChI=1S/C79H153NO8/c1-3-5-7-9-11-13-15-17-19-21-23-25-27-29-31-33-35-36-37-38-39-41-43-45-47-49-51-53-55-57-59-61-63-65-67-69-75(83)80-72(71-87-79-78(86)77(85)76(84)74(70-81)88-79)73(82)68-66-64-62-60-58-56-54-52-50-48-46-44-42-40-34-32-30-28-26-24-22-20-18-16-14-12-10-8-6-4-2/h15,17,21,23,72-74,76-79,81-82,84-86H,3-14,16,18-20,22,24-71H2,1-2H3,(H,80,83)/b17-15-,23-21-. The average molecular weight is 1250 g/mol. The van der Waals surface area contributed by atoms with Crippen molar-refractivity contribution in [1.82, 2.24) is 5.32 Å². The molecule has 0 aromatic carbocycles. The Balaban J connectivity index is 2.05. The van der Waals surface area contributed by atoms with Gasteiger partial charge in [0.2, 0.25) is 5.91 Å². The summed E-state index contributed by atoms with van der Waals surface area (Å²) in [5, 5.41) is 55.1. The summed E-state index contributed by atoms with van der Waals surface area (Å²) in [6.45, 7) is 3.90. The Morgan fingerprint density at radius 3 is 0.977 bits per heavy atom. The van der Waals surface area contributed by atoms with Gasteiger partial charge in [0.05, 0.1) is 25.4 Å². The van der Waals surface area contributed by atoms with Crippen molar-refractivity contribution >= 4 is 5.91 Å². The highest BCUT2D eigenvalue weighted by molar-refractivity contribution is 5.76. The van der Waals surface area contributed by atoms with Crippen LogP contribution in [0.1, 0.15) is 418 Å². The van der Waals surface area contributed by atoms with Crippen molar-refractivity contribution in [2.45, 2.75) is 461 Å². The number of ether oxygens (including phenoxy) is 2. The molecule has 6 N–H and O–H groups in total. The van der Waals surface area contributed by atoms with E-state index in [2.05, 4.69) is 43.5 Å². The van der Waals surface area contributed by atoms with Crippen LogP contribution in [-0.4, -0.2) is 87.5 Å². The van der Waals surface area contributed by atoms with Crippen molar-refractivity contribution in [3.05, 3.63) is 24.3 Å². The Bertz CT molecular complexity index is 1440. The predicted molar refractivity (Wildman–Crippen MR) is 378 cm³/mol. The number of allylic oxidation sites excluding steroid dienone is 4. The first-order valence-corrected chi connectivity index (χ1v) is 39.5. The third-order valence-electron chi connectivity index (χ3n) is 19.3.